The van der Waals surface area contributed by atoms with Gasteiger partial charge in [-0.25, -0.2) is 9.97 Å². The molecule has 0 spiro atoms. The van der Waals surface area contributed by atoms with E-state index in [4.69, 9.17) is 0 Å². The maximum atomic E-state index is 4.48. The predicted molar refractivity (Wildman–Crippen MR) is 86.6 cm³/mol. The summed E-state index contributed by atoms with van der Waals surface area (Å²) in [6.07, 6.45) is 12.2. The molecule has 1 saturated carbocycles. The molecule has 0 radical (unpaired) electrons. The van der Waals surface area contributed by atoms with E-state index in [9.17, 15) is 0 Å². The first-order valence-corrected chi connectivity index (χ1v) is 8.46. The molecule has 1 atom stereocenters. The molecule has 2 fully saturated rings. The van der Waals surface area contributed by atoms with E-state index in [-0.39, 0.29) is 0 Å². The van der Waals surface area contributed by atoms with Crippen molar-refractivity contribution in [1.29, 1.82) is 0 Å². The Morgan fingerprint density at radius 1 is 1.14 bits per heavy atom. The molecule has 0 N–H and O–H groups in total. The van der Waals surface area contributed by atoms with Gasteiger partial charge in [0.2, 0.25) is 5.95 Å². The van der Waals surface area contributed by atoms with E-state index in [0.717, 1.165) is 17.4 Å². The van der Waals surface area contributed by atoms with Crippen LogP contribution in [0.1, 0.15) is 44.1 Å². The zero-order chi connectivity index (χ0) is 14.7. The molecule has 1 unspecified atom stereocenters. The molecule has 0 aromatic carbocycles. The summed E-state index contributed by atoms with van der Waals surface area (Å²) >= 11 is 0. The quantitative estimate of drug-likeness (QED) is 0.853. The van der Waals surface area contributed by atoms with Gasteiger partial charge in [-0.1, -0.05) is 12.8 Å². The number of piperidine rings is 1. The summed E-state index contributed by atoms with van der Waals surface area (Å²) < 4.78 is 0. The Bertz CT molecular complexity index is 439. The van der Waals surface area contributed by atoms with Crippen LogP contribution in [0.3, 0.4) is 0 Å². The number of aromatic nitrogens is 2. The normalized spacial score (nSPS) is 24.4. The number of hydrogen-bond acceptors (Lipinski definition) is 4. The first-order chi connectivity index (χ1) is 10.2. The van der Waals surface area contributed by atoms with E-state index in [1.165, 1.54) is 58.2 Å². The fourth-order valence-electron chi connectivity index (χ4n) is 3.80. The first-order valence-electron chi connectivity index (χ1n) is 8.46. The van der Waals surface area contributed by atoms with Crippen molar-refractivity contribution >= 4 is 5.95 Å². The minimum Gasteiger partial charge on any atom is -0.340 e. The molecule has 0 bridgehead atoms. The van der Waals surface area contributed by atoms with Crippen molar-refractivity contribution in [3.8, 4) is 0 Å². The molecule has 4 heteroatoms. The maximum Gasteiger partial charge on any atom is 0.225 e. The molecule has 21 heavy (non-hydrogen) atoms. The summed E-state index contributed by atoms with van der Waals surface area (Å²) in [5, 5.41) is 0. The highest BCUT2D eigenvalue weighted by molar-refractivity contribution is 5.30. The van der Waals surface area contributed by atoms with Gasteiger partial charge in [0.15, 0.2) is 0 Å². The van der Waals surface area contributed by atoms with Gasteiger partial charge in [-0.2, -0.15) is 0 Å². The van der Waals surface area contributed by atoms with Gasteiger partial charge in [-0.15, -0.1) is 0 Å². The number of likely N-dealkylation sites (N-methyl/N-ethyl adjacent to an activating group) is 1. The number of likely N-dealkylation sites (tertiary alicyclic amines) is 1. The molecule has 1 aromatic rings. The zero-order valence-electron chi connectivity index (χ0n) is 13.5. The van der Waals surface area contributed by atoms with Crippen molar-refractivity contribution in [2.75, 3.05) is 31.6 Å². The van der Waals surface area contributed by atoms with E-state index in [1.807, 2.05) is 19.3 Å². The van der Waals surface area contributed by atoms with Crippen LogP contribution in [0.2, 0.25) is 0 Å². The van der Waals surface area contributed by atoms with Crippen molar-refractivity contribution in [2.45, 2.75) is 51.5 Å². The lowest BCUT2D eigenvalue weighted by molar-refractivity contribution is 0.178. The van der Waals surface area contributed by atoms with Gasteiger partial charge in [-0.3, -0.25) is 0 Å². The Morgan fingerprint density at radius 3 is 2.57 bits per heavy atom. The Morgan fingerprint density at radius 2 is 1.86 bits per heavy atom. The molecule has 1 saturated heterocycles. The molecule has 116 valence electrons. The monoisotopic (exact) mass is 288 g/mol. The molecule has 4 nitrogen and oxygen atoms in total. The number of anilines is 1. The smallest absolute Gasteiger partial charge is 0.225 e. The highest BCUT2D eigenvalue weighted by Crippen LogP contribution is 2.27. The third-order valence-corrected chi connectivity index (χ3v) is 5.10. The van der Waals surface area contributed by atoms with Gasteiger partial charge >= 0.3 is 0 Å². The fraction of sp³-hybridized carbons (Fsp3) is 0.765. The van der Waals surface area contributed by atoms with Crippen LogP contribution in [-0.2, 0) is 0 Å². The minimum atomic E-state index is 0.558. The lowest BCUT2D eigenvalue weighted by Crippen LogP contribution is -2.48. The lowest BCUT2D eigenvalue weighted by Gasteiger charge is -2.38. The molecule has 1 aliphatic heterocycles. The van der Waals surface area contributed by atoms with Crippen LogP contribution in [0.5, 0.6) is 0 Å². The lowest BCUT2D eigenvalue weighted by atomic mass is 10.0. The van der Waals surface area contributed by atoms with Crippen LogP contribution in [0.25, 0.3) is 0 Å². The maximum absolute atomic E-state index is 4.48. The number of nitrogens with zero attached hydrogens (tertiary/aromatic N) is 4. The molecule has 1 aliphatic carbocycles. The average molecular weight is 288 g/mol. The largest absolute Gasteiger partial charge is 0.340 e. The second kappa shape index (κ2) is 6.73. The molecule has 1 aromatic heterocycles. The van der Waals surface area contributed by atoms with Crippen molar-refractivity contribution in [3.63, 3.8) is 0 Å². The topological polar surface area (TPSA) is 32.3 Å². The van der Waals surface area contributed by atoms with Crippen LogP contribution in [0.15, 0.2) is 12.4 Å². The predicted octanol–water partition coefficient (Wildman–Crippen LogP) is 2.88. The highest BCUT2D eigenvalue weighted by atomic mass is 15.3. The molecular weight excluding hydrogens is 260 g/mol. The average Bonchev–Trinajstić information content (AvgIpc) is 3.00. The molecule has 2 heterocycles. The van der Waals surface area contributed by atoms with Gasteiger partial charge in [0.1, 0.15) is 0 Å². The van der Waals surface area contributed by atoms with Gasteiger partial charge in [0, 0.05) is 38.6 Å². The SMILES string of the molecule is Cc1cnc(N(C)C2CCCN(CC3CCCC3)C2)nc1. The van der Waals surface area contributed by atoms with Crippen LogP contribution >= 0.6 is 0 Å². The van der Waals surface area contributed by atoms with Crippen molar-refractivity contribution in [2.24, 2.45) is 5.92 Å². The summed E-state index contributed by atoms with van der Waals surface area (Å²) in [5.74, 6) is 1.82. The standard InChI is InChI=1S/C17H28N4/c1-14-10-18-17(19-11-14)20(2)16-8-5-9-21(13-16)12-15-6-3-4-7-15/h10-11,15-16H,3-9,12-13H2,1-2H3. The second-order valence-electron chi connectivity index (χ2n) is 6.88. The first kappa shape index (κ1) is 14.8. The summed E-state index contributed by atoms with van der Waals surface area (Å²) in [6.45, 7) is 5.78. The van der Waals surface area contributed by atoms with Crippen molar-refractivity contribution in [3.05, 3.63) is 18.0 Å². The van der Waals surface area contributed by atoms with Crippen LogP contribution in [-0.4, -0.2) is 47.6 Å². The Labute approximate surface area is 128 Å². The van der Waals surface area contributed by atoms with Gasteiger partial charge in [0.05, 0.1) is 0 Å². The number of hydrogen-bond donors (Lipinski definition) is 0. The Hall–Kier alpha value is -1.16. The van der Waals surface area contributed by atoms with Crippen molar-refractivity contribution < 1.29 is 0 Å². The molecular formula is C17H28N4. The summed E-state index contributed by atoms with van der Waals surface area (Å²) in [5.41, 5.74) is 1.12. The fourth-order valence-corrected chi connectivity index (χ4v) is 3.80. The zero-order valence-corrected chi connectivity index (χ0v) is 13.5. The molecule has 3 rings (SSSR count). The van der Waals surface area contributed by atoms with Crippen molar-refractivity contribution in [1.82, 2.24) is 14.9 Å². The third kappa shape index (κ3) is 3.73. The number of aryl methyl sites for hydroxylation is 1. The minimum absolute atomic E-state index is 0.558. The Balaban J connectivity index is 1.58. The van der Waals surface area contributed by atoms with E-state index in [1.54, 1.807) is 0 Å². The van der Waals surface area contributed by atoms with Gasteiger partial charge < -0.3 is 9.80 Å². The van der Waals surface area contributed by atoms with Crippen LogP contribution < -0.4 is 4.90 Å². The summed E-state index contributed by atoms with van der Waals surface area (Å²) in [6, 6.07) is 0.558. The molecule has 2 aliphatic rings. The second-order valence-corrected chi connectivity index (χ2v) is 6.88. The van der Waals surface area contributed by atoms with E-state index >= 15 is 0 Å². The van der Waals surface area contributed by atoms with Crippen LogP contribution in [0, 0.1) is 12.8 Å². The van der Waals surface area contributed by atoms with E-state index in [2.05, 4.69) is 26.8 Å². The van der Waals surface area contributed by atoms with E-state index in [0.29, 0.717) is 6.04 Å². The highest BCUT2D eigenvalue weighted by Gasteiger charge is 2.27. The summed E-state index contributed by atoms with van der Waals surface area (Å²) in [4.78, 5) is 13.9. The van der Waals surface area contributed by atoms with Crippen LogP contribution in [0.4, 0.5) is 5.95 Å². The Kier molecular flexibility index (Phi) is 4.73. The number of rotatable bonds is 4. The summed E-state index contributed by atoms with van der Waals surface area (Å²) in [7, 11) is 2.15. The van der Waals surface area contributed by atoms with Gasteiger partial charge in [0.25, 0.3) is 0 Å². The van der Waals surface area contributed by atoms with Gasteiger partial charge in [-0.05, 0) is 50.6 Å². The molecule has 0 amide bonds. The third-order valence-electron chi connectivity index (χ3n) is 5.10. The van der Waals surface area contributed by atoms with E-state index < -0.39 is 0 Å².